The van der Waals surface area contributed by atoms with Crippen LogP contribution in [0.4, 0.5) is 0 Å². The summed E-state index contributed by atoms with van der Waals surface area (Å²) >= 11 is 6.07. The Morgan fingerprint density at radius 2 is 1.55 bits per heavy atom. The first kappa shape index (κ1) is 14.9. The van der Waals surface area contributed by atoms with E-state index in [1.807, 2.05) is 36.4 Å². The molecule has 2 aromatic carbocycles. The Bertz CT molecular complexity index is 469. The highest BCUT2D eigenvalue weighted by Gasteiger charge is 2.08. The van der Waals surface area contributed by atoms with E-state index < -0.39 is 0 Å². The van der Waals surface area contributed by atoms with Crippen molar-refractivity contribution >= 4 is 11.6 Å². The van der Waals surface area contributed by atoms with Crippen LogP contribution in [0.5, 0.6) is 5.75 Å². The van der Waals surface area contributed by atoms with Gasteiger partial charge in [-0.1, -0.05) is 48.5 Å². The maximum Gasteiger partial charge on any atom is 0.119 e. The number of halogens is 1. The van der Waals surface area contributed by atoms with Crippen molar-refractivity contribution in [3.63, 3.8) is 0 Å². The van der Waals surface area contributed by atoms with E-state index in [9.17, 15) is 0 Å². The van der Waals surface area contributed by atoms with Gasteiger partial charge in [0.15, 0.2) is 0 Å². The van der Waals surface area contributed by atoms with Crippen molar-refractivity contribution < 1.29 is 4.74 Å². The van der Waals surface area contributed by atoms with E-state index >= 15 is 0 Å². The molecule has 0 saturated heterocycles. The highest BCUT2D eigenvalue weighted by molar-refractivity contribution is 6.18. The second-order valence-electron chi connectivity index (χ2n) is 5.01. The predicted molar refractivity (Wildman–Crippen MR) is 85.5 cm³/mol. The van der Waals surface area contributed by atoms with Crippen LogP contribution in [-0.4, -0.2) is 12.5 Å². The molecule has 0 amide bonds. The van der Waals surface area contributed by atoms with Gasteiger partial charge in [0.05, 0.1) is 6.61 Å². The number of hydrogen-bond acceptors (Lipinski definition) is 1. The lowest BCUT2D eigenvalue weighted by Gasteiger charge is -2.14. The lowest BCUT2D eigenvalue weighted by atomic mass is 9.97. The summed E-state index contributed by atoms with van der Waals surface area (Å²) in [6, 6.07) is 20.5. The molecule has 2 aromatic rings. The molecule has 0 saturated carbocycles. The number of rotatable bonds is 8. The Labute approximate surface area is 126 Å². The van der Waals surface area contributed by atoms with Gasteiger partial charge in [0.2, 0.25) is 0 Å². The summed E-state index contributed by atoms with van der Waals surface area (Å²) in [7, 11) is 0. The molecule has 20 heavy (non-hydrogen) atoms. The monoisotopic (exact) mass is 288 g/mol. The summed E-state index contributed by atoms with van der Waals surface area (Å²) in [4.78, 5) is 0. The van der Waals surface area contributed by atoms with E-state index in [2.05, 4.69) is 24.3 Å². The Hall–Kier alpha value is -1.47. The van der Waals surface area contributed by atoms with Gasteiger partial charge in [-0.3, -0.25) is 0 Å². The van der Waals surface area contributed by atoms with Crippen molar-refractivity contribution in [2.45, 2.75) is 19.3 Å². The van der Waals surface area contributed by atoms with Gasteiger partial charge in [-0.2, -0.15) is 0 Å². The second-order valence-corrected chi connectivity index (χ2v) is 5.32. The van der Waals surface area contributed by atoms with Crippen LogP contribution in [0.25, 0.3) is 0 Å². The fraction of sp³-hybridized carbons (Fsp3) is 0.333. The fourth-order valence-electron chi connectivity index (χ4n) is 2.26. The Kier molecular flexibility index (Phi) is 6.46. The Balaban J connectivity index is 1.69. The lowest BCUT2D eigenvalue weighted by molar-refractivity contribution is 0.295. The molecule has 1 atom stereocenters. The molecule has 0 aliphatic carbocycles. The summed E-state index contributed by atoms with van der Waals surface area (Å²) in [5, 5.41) is 0. The molecule has 0 aliphatic rings. The van der Waals surface area contributed by atoms with Gasteiger partial charge in [-0.05, 0) is 42.9 Å². The van der Waals surface area contributed by atoms with Crippen LogP contribution >= 0.6 is 11.6 Å². The standard InChI is InChI=1S/C18H21ClO/c19-15-17(14-16-8-3-1-4-9-16)10-7-13-20-18-11-5-2-6-12-18/h1-6,8-9,11-12,17H,7,10,13-15H2. The molecule has 2 rings (SSSR count). The molecule has 0 N–H and O–H groups in total. The molecule has 0 aromatic heterocycles. The Morgan fingerprint density at radius 1 is 0.900 bits per heavy atom. The maximum absolute atomic E-state index is 6.07. The van der Waals surface area contributed by atoms with E-state index in [0.717, 1.165) is 31.6 Å². The smallest absolute Gasteiger partial charge is 0.119 e. The molecule has 1 nitrogen and oxygen atoms in total. The minimum absolute atomic E-state index is 0.526. The molecule has 0 fully saturated rings. The highest BCUT2D eigenvalue weighted by Crippen LogP contribution is 2.16. The van der Waals surface area contributed by atoms with Gasteiger partial charge >= 0.3 is 0 Å². The van der Waals surface area contributed by atoms with E-state index in [1.54, 1.807) is 0 Å². The van der Waals surface area contributed by atoms with Gasteiger partial charge in [0, 0.05) is 5.88 Å². The first-order valence-corrected chi connectivity index (χ1v) is 7.69. The largest absolute Gasteiger partial charge is 0.494 e. The zero-order valence-electron chi connectivity index (χ0n) is 11.7. The highest BCUT2D eigenvalue weighted by atomic mass is 35.5. The molecule has 2 heteroatoms. The SMILES string of the molecule is ClCC(CCCOc1ccccc1)Cc1ccccc1. The average molecular weight is 289 g/mol. The van der Waals surface area contributed by atoms with Crippen LogP contribution in [0.15, 0.2) is 60.7 Å². The van der Waals surface area contributed by atoms with Crippen molar-refractivity contribution in [2.75, 3.05) is 12.5 Å². The van der Waals surface area contributed by atoms with Gasteiger partial charge in [-0.15, -0.1) is 11.6 Å². The van der Waals surface area contributed by atoms with Crippen LogP contribution in [0.1, 0.15) is 18.4 Å². The summed E-state index contributed by atoms with van der Waals surface area (Å²) in [5.74, 6) is 2.18. The van der Waals surface area contributed by atoms with Gasteiger partial charge in [0.25, 0.3) is 0 Å². The van der Waals surface area contributed by atoms with Crippen molar-refractivity contribution in [1.82, 2.24) is 0 Å². The van der Waals surface area contributed by atoms with Crippen LogP contribution in [-0.2, 0) is 6.42 Å². The number of alkyl halides is 1. The first-order valence-electron chi connectivity index (χ1n) is 7.16. The molecule has 0 aliphatic heterocycles. The molecule has 0 radical (unpaired) electrons. The Morgan fingerprint density at radius 3 is 2.20 bits per heavy atom. The van der Waals surface area contributed by atoms with E-state index in [4.69, 9.17) is 16.3 Å². The summed E-state index contributed by atoms with van der Waals surface area (Å²) in [6.45, 7) is 0.756. The topological polar surface area (TPSA) is 9.23 Å². The summed E-state index contributed by atoms with van der Waals surface area (Å²) < 4.78 is 5.71. The third-order valence-corrected chi connectivity index (χ3v) is 3.79. The number of ether oxygens (including phenoxy) is 1. The molecule has 0 bridgehead atoms. The van der Waals surface area contributed by atoms with Crippen LogP contribution in [0.2, 0.25) is 0 Å². The molecule has 0 heterocycles. The molecule has 106 valence electrons. The van der Waals surface area contributed by atoms with Crippen molar-refractivity contribution in [3.8, 4) is 5.75 Å². The van der Waals surface area contributed by atoms with Crippen molar-refractivity contribution in [2.24, 2.45) is 5.92 Å². The van der Waals surface area contributed by atoms with Gasteiger partial charge in [0.1, 0.15) is 5.75 Å². The molecule has 1 unspecified atom stereocenters. The maximum atomic E-state index is 6.07. The molecular formula is C18H21ClO. The van der Waals surface area contributed by atoms with E-state index in [1.165, 1.54) is 5.56 Å². The number of hydrogen-bond donors (Lipinski definition) is 0. The first-order chi connectivity index (χ1) is 9.88. The van der Waals surface area contributed by atoms with E-state index in [-0.39, 0.29) is 0 Å². The summed E-state index contributed by atoms with van der Waals surface area (Å²) in [6.07, 6.45) is 3.19. The zero-order valence-corrected chi connectivity index (χ0v) is 12.4. The summed E-state index contributed by atoms with van der Waals surface area (Å²) in [5.41, 5.74) is 1.36. The van der Waals surface area contributed by atoms with Crippen LogP contribution in [0.3, 0.4) is 0 Å². The fourth-order valence-corrected chi connectivity index (χ4v) is 2.52. The predicted octanol–water partition coefficient (Wildman–Crippen LogP) is 4.94. The second kappa shape index (κ2) is 8.65. The third-order valence-electron chi connectivity index (χ3n) is 3.35. The van der Waals surface area contributed by atoms with Crippen LogP contribution < -0.4 is 4.74 Å². The zero-order chi connectivity index (χ0) is 14.0. The normalized spacial score (nSPS) is 12.1. The molecule has 0 spiro atoms. The van der Waals surface area contributed by atoms with E-state index in [0.29, 0.717) is 11.8 Å². The third kappa shape index (κ3) is 5.26. The number of para-hydroxylation sites is 1. The van der Waals surface area contributed by atoms with Crippen molar-refractivity contribution in [1.29, 1.82) is 0 Å². The minimum atomic E-state index is 0.526. The minimum Gasteiger partial charge on any atom is -0.494 e. The molecular weight excluding hydrogens is 268 g/mol. The lowest BCUT2D eigenvalue weighted by Crippen LogP contribution is -2.09. The number of benzene rings is 2. The average Bonchev–Trinajstić information content (AvgIpc) is 2.52. The quantitative estimate of drug-likeness (QED) is 0.494. The van der Waals surface area contributed by atoms with Crippen molar-refractivity contribution in [3.05, 3.63) is 66.2 Å². The van der Waals surface area contributed by atoms with Gasteiger partial charge < -0.3 is 4.74 Å². The van der Waals surface area contributed by atoms with Gasteiger partial charge in [-0.25, -0.2) is 0 Å². The van der Waals surface area contributed by atoms with Crippen LogP contribution in [0, 0.1) is 5.92 Å².